The fraction of sp³-hybridized carbons (Fsp3) is 0.240. The van der Waals surface area contributed by atoms with Gasteiger partial charge in [-0.05, 0) is 60.9 Å². The normalized spacial score (nSPS) is 13.7. The smallest absolute Gasteiger partial charge is 0.371 e. The first-order valence-corrected chi connectivity index (χ1v) is 11.1. The van der Waals surface area contributed by atoms with Crippen molar-refractivity contribution in [1.29, 1.82) is 0 Å². The molecule has 13 heteroatoms. The number of piperidine rings is 1. The molecular formula is C25H24Cl3F4N5O. The molecule has 2 N–H and O–H groups in total. The van der Waals surface area contributed by atoms with E-state index in [1.807, 2.05) is 11.2 Å². The Balaban J connectivity index is 0.00000169. The number of anilines is 2. The molecule has 5 rings (SSSR count). The van der Waals surface area contributed by atoms with Crippen LogP contribution in [0.25, 0.3) is 22.0 Å². The maximum absolute atomic E-state index is 13.4. The van der Waals surface area contributed by atoms with Gasteiger partial charge in [-0.1, -0.05) is 6.07 Å². The predicted molar refractivity (Wildman–Crippen MR) is 146 cm³/mol. The molecular weight excluding hydrogens is 569 g/mol. The summed E-state index contributed by atoms with van der Waals surface area (Å²) in [4.78, 5) is 19.1. The number of rotatable bonds is 4. The number of H-pyrrole nitrogens is 1. The summed E-state index contributed by atoms with van der Waals surface area (Å²) >= 11 is 0. The van der Waals surface area contributed by atoms with E-state index in [4.69, 9.17) is 0 Å². The number of carbonyl (C=O) groups is 1. The second-order valence-electron chi connectivity index (χ2n) is 8.48. The zero-order chi connectivity index (χ0) is 24.6. The summed E-state index contributed by atoms with van der Waals surface area (Å²) in [5.41, 5.74) is 1.54. The zero-order valence-electron chi connectivity index (χ0n) is 19.7. The van der Waals surface area contributed by atoms with Gasteiger partial charge in [0.2, 0.25) is 5.91 Å². The van der Waals surface area contributed by atoms with E-state index in [2.05, 4.69) is 20.3 Å². The molecule has 0 atom stereocenters. The van der Waals surface area contributed by atoms with E-state index in [9.17, 15) is 22.4 Å². The molecule has 0 radical (unpaired) electrons. The van der Waals surface area contributed by atoms with Crippen LogP contribution in [-0.4, -0.2) is 34.2 Å². The number of nitrogens with zero attached hydrogens (tertiary/aromatic N) is 3. The minimum atomic E-state index is -4.55. The van der Waals surface area contributed by atoms with Crippen LogP contribution in [0.3, 0.4) is 0 Å². The van der Waals surface area contributed by atoms with Crippen LogP contribution in [0.4, 0.5) is 28.9 Å². The van der Waals surface area contributed by atoms with Crippen molar-refractivity contribution in [3.8, 4) is 11.1 Å². The van der Waals surface area contributed by atoms with E-state index in [0.29, 0.717) is 42.7 Å². The van der Waals surface area contributed by atoms with Crippen LogP contribution in [0, 0.1) is 11.7 Å². The van der Waals surface area contributed by atoms with Gasteiger partial charge >= 0.3 is 6.18 Å². The first-order valence-electron chi connectivity index (χ1n) is 11.1. The molecule has 0 unspecified atom stereocenters. The van der Waals surface area contributed by atoms with Crippen LogP contribution in [0.1, 0.15) is 18.5 Å². The fourth-order valence-corrected chi connectivity index (χ4v) is 4.46. The Morgan fingerprint density at radius 2 is 1.68 bits per heavy atom. The number of halogens is 7. The highest BCUT2D eigenvalue weighted by Gasteiger charge is 2.36. The summed E-state index contributed by atoms with van der Waals surface area (Å²) < 4.78 is 53.2. The van der Waals surface area contributed by atoms with Gasteiger partial charge in [0.25, 0.3) is 0 Å². The van der Waals surface area contributed by atoms with Gasteiger partial charge in [-0.3, -0.25) is 14.9 Å². The monoisotopic (exact) mass is 591 g/mol. The Morgan fingerprint density at radius 3 is 2.34 bits per heavy atom. The van der Waals surface area contributed by atoms with Gasteiger partial charge in [-0.15, -0.1) is 37.2 Å². The Kier molecular flexibility index (Phi) is 10.4. The average molecular weight is 593 g/mol. The Hall–Kier alpha value is -3.08. The van der Waals surface area contributed by atoms with Crippen LogP contribution < -0.4 is 10.2 Å². The quantitative estimate of drug-likeness (QED) is 0.253. The van der Waals surface area contributed by atoms with Crippen LogP contribution >= 0.6 is 37.2 Å². The minimum Gasteiger partial charge on any atom is -0.371 e. The largest absolute Gasteiger partial charge is 0.433 e. The lowest BCUT2D eigenvalue weighted by molar-refractivity contribution is -0.140. The lowest BCUT2D eigenvalue weighted by Crippen LogP contribution is -2.38. The summed E-state index contributed by atoms with van der Waals surface area (Å²) in [5.74, 6) is -0.676. The summed E-state index contributed by atoms with van der Waals surface area (Å²) in [6.07, 6.45) is -0.489. The van der Waals surface area contributed by atoms with Crippen molar-refractivity contribution in [2.75, 3.05) is 23.3 Å². The molecule has 0 bridgehead atoms. The third-order valence-electron chi connectivity index (χ3n) is 6.27. The van der Waals surface area contributed by atoms with Crippen LogP contribution in [0.2, 0.25) is 0 Å². The van der Waals surface area contributed by atoms with E-state index in [-0.39, 0.29) is 60.4 Å². The summed E-state index contributed by atoms with van der Waals surface area (Å²) in [5, 5.41) is 9.20. The van der Waals surface area contributed by atoms with Crippen molar-refractivity contribution in [2.24, 2.45) is 5.92 Å². The molecule has 0 aliphatic carbocycles. The highest BCUT2D eigenvalue weighted by atomic mass is 35.5. The van der Waals surface area contributed by atoms with E-state index in [0.717, 1.165) is 11.1 Å². The second kappa shape index (κ2) is 12.6. The molecule has 38 heavy (non-hydrogen) atoms. The van der Waals surface area contributed by atoms with Crippen LogP contribution in [0.15, 0.2) is 60.9 Å². The molecule has 3 heterocycles. The average Bonchev–Trinajstić information content (AvgIpc) is 3.36. The number of aromatic amines is 1. The molecule has 2 aromatic carbocycles. The first-order chi connectivity index (χ1) is 16.8. The summed E-state index contributed by atoms with van der Waals surface area (Å²) in [7, 11) is 0. The Labute approximate surface area is 234 Å². The summed E-state index contributed by atoms with van der Waals surface area (Å²) in [6, 6.07) is 12.5. The molecule has 1 fully saturated rings. The van der Waals surface area contributed by atoms with E-state index >= 15 is 0 Å². The molecule has 1 amide bonds. The molecule has 0 spiro atoms. The highest BCUT2D eigenvalue weighted by Crippen LogP contribution is 2.38. The number of benzene rings is 2. The fourth-order valence-electron chi connectivity index (χ4n) is 4.46. The number of amides is 1. The SMILES string of the molecule is Cl.Cl.Cl.O=C(Nc1ccc(F)cc1)C1CCN(c2ccnc3ccc(-c4cn[nH]c4C(F)(F)F)cc23)CC1. The molecule has 2 aromatic heterocycles. The van der Waals surface area contributed by atoms with Gasteiger partial charge in [0.15, 0.2) is 0 Å². The zero-order valence-corrected chi connectivity index (χ0v) is 22.1. The third kappa shape index (κ3) is 6.48. The van der Waals surface area contributed by atoms with E-state index in [1.165, 1.54) is 30.5 Å². The summed E-state index contributed by atoms with van der Waals surface area (Å²) in [6.45, 7) is 1.20. The van der Waals surface area contributed by atoms with E-state index in [1.54, 1.807) is 24.4 Å². The maximum atomic E-state index is 13.4. The molecule has 6 nitrogen and oxygen atoms in total. The minimum absolute atomic E-state index is 0. The molecule has 1 aliphatic heterocycles. The van der Waals surface area contributed by atoms with Crippen LogP contribution in [-0.2, 0) is 11.0 Å². The van der Waals surface area contributed by atoms with Crippen molar-refractivity contribution in [2.45, 2.75) is 19.0 Å². The number of hydrogen-bond acceptors (Lipinski definition) is 4. The van der Waals surface area contributed by atoms with Gasteiger partial charge in [0.05, 0.1) is 11.7 Å². The Morgan fingerprint density at radius 1 is 1.00 bits per heavy atom. The van der Waals surface area contributed by atoms with Crippen LogP contribution in [0.5, 0.6) is 0 Å². The number of pyridine rings is 1. The number of aromatic nitrogens is 3. The Bertz CT molecular complexity index is 1370. The lowest BCUT2D eigenvalue weighted by atomic mass is 9.94. The molecule has 1 saturated heterocycles. The van der Waals surface area contributed by atoms with Gasteiger partial charge in [-0.25, -0.2) is 4.39 Å². The van der Waals surface area contributed by atoms with E-state index < -0.39 is 11.9 Å². The van der Waals surface area contributed by atoms with Gasteiger partial charge in [0, 0.05) is 47.5 Å². The number of alkyl halides is 3. The molecule has 1 aliphatic rings. The van der Waals surface area contributed by atoms with Gasteiger partial charge < -0.3 is 10.2 Å². The third-order valence-corrected chi connectivity index (χ3v) is 6.27. The number of hydrogen-bond donors (Lipinski definition) is 2. The predicted octanol–water partition coefficient (Wildman–Crippen LogP) is 6.90. The number of fused-ring (bicyclic) bond motifs is 1. The second-order valence-corrected chi connectivity index (χ2v) is 8.48. The topological polar surface area (TPSA) is 73.9 Å². The molecule has 0 saturated carbocycles. The number of carbonyl (C=O) groups excluding carboxylic acids is 1. The maximum Gasteiger partial charge on any atom is 0.433 e. The molecule has 4 aromatic rings. The van der Waals surface area contributed by atoms with Crippen molar-refractivity contribution in [3.63, 3.8) is 0 Å². The first kappa shape index (κ1) is 31.1. The highest BCUT2D eigenvalue weighted by molar-refractivity contribution is 5.95. The van der Waals surface area contributed by atoms with Crippen molar-refractivity contribution in [3.05, 3.63) is 72.4 Å². The van der Waals surface area contributed by atoms with Gasteiger partial charge in [0.1, 0.15) is 11.5 Å². The van der Waals surface area contributed by atoms with Crippen molar-refractivity contribution >= 4 is 65.4 Å². The lowest BCUT2D eigenvalue weighted by Gasteiger charge is -2.33. The standard InChI is InChI=1S/C25H21F4N5O.3ClH/c26-17-2-4-18(5-3-17)32-24(35)15-8-11-34(12-9-15)22-7-10-30-21-6-1-16(13-19(21)22)20-14-31-33-23(20)25(27,28)29;;;/h1-7,10,13-15H,8-9,11-12H2,(H,31,33)(H,32,35);3*1H. The van der Waals surface area contributed by atoms with Gasteiger partial charge in [-0.2, -0.15) is 18.3 Å². The molecule has 204 valence electrons. The van der Waals surface area contributed by atoms with Crippen molar-refractivity contribution < 1.29 is 22.4 Å². The number of nitrogens with one attached hydrogen (secondary N) is 2. The van der Waals surface area contributed by atoms with Crippen molar-refractivity contribution in [1.82, 2.24) is 15.2 Å².